The van der Waals surface area contributed by atoms with Crippen LogP contribution in [0.1, 0.15) is 0 Å². The van der Waals surface area contributed by atoms with Gasteiger partial charge in [0.05, 0.1) is 19.0 Å². The number of thioether (sulfide) groups is 1. The second-order valence-electron chi connectivity index (χ2n) is 4.26. The van der Waals surface area contributed by atoms with Crippen molar-refractivity contribution in [3.05, 3.63) is 5.28 Å². The van der Waals surface area contributed by atoms with Gasteiger partial charge in [0.1, 0.15) is 9.84 Å². The molecule has 1 fully saturated rings. The van der Waals surface area contributed by atoms with Crippen LogP contribution in [0.3, 0.4) is 0 Å². The molecule has 0 aliphatic carbocycles. The zero-order valence-electron chi connectivity index (χ0n) is 11.0. The van der Waals surface area contributed by atoms with Gasteiger partial charge < -0.3 is 9.64 Å². The van der Waals surface area contributed by atoms with Gasteiger partial charge in [0.15, 0.2) is 5.16 Å². The molecule has 7 nitrogen and oxygen atoms in total. The zero-order chi connectivity index (χ0) is 14.6. The van der Waals surface area contributed by atoms with Gasteiger partial charge in [-0.25, -0.2) is 8.42 Å². The third kappa shape index (κ3) is 5.04. The van der Waals surface area contributed by atoms with Gasteiger partial charge in [0.25, 0.3) is 0 Å². The highest BCUT2D eigenvalue weighted by Crippen LogP contribution is 2.19. The van der Waals surface area contributed by atoms with E-state index in [1.807, 2.05) is 4.90 Å². The molecule has 0 unspecified atom stereocenters. The summed E-state index contributed by atoms with van der Waals surface area (Å²) < 4.78 is 27.4. The number of halogens is 1. The molecule has 1 saturated heterocycles. The van der Waals surface area contributed by atoms with Crippen molar-refractivity contribution in [2.24, 2.45) is 0 Å². The van der Waals surface area contributed by atoms with Gasteiger partial charge in [0, 0.05) is 25.1 Å². The van der Waals surface area contributed by atoms with Crippen LogP contribution in [0, 0.1) is 0 Å². The van der Waals surface area contributed by atoms with E-state index in [-0.39, 0.29) is 11.0 Å². The third-order valence-electron chi connectivity index (χ3n) is 2.56. The summed E-state index contributed by atoms with van der Waals surface area (Å²) in [5.74, 6) is 0.977. The quantitative estimate of drug-likeness (QED) is 0.717. The number of aromatic nitrogens is 3. The molecule has 2 heterocycles. The summed E-state index contributed by atoms with van der Waals surface area (Å²) in [4.78, 5) is 14.4. The average Bonchev–Trinajstić information content (AvgIpc) is 2.37. The maximum Gasteiger partial charge on any atom is 0.230 e. The van der Waals surface area contributed by atoms with Crippen molar-refractivity contribution in [1.82, 2.24) is 15.0 Å². The number of sulfone groups is 1. The van der Waals surface area contributed by atoms with Gasteiger partial charge in [-0.15, -0.1) is 0 Å². The minimum atomic E-state index is -2.99. The predicted octanol–water partition coefficient (Wildman–Crippen LogP) is 0.498. The molecule has 0 amide bonds. The first-order valence-electron chi connectivity index (χ1n) is 5.99. The molecule has 0 bridgehead atoms. The van der Waals surface area contributed by atoms with Crippen LogP contribution in [-0.2, 0) is 14.6 Å². The lowest BCUT2D eigenvalue weighted by Crippen LogP contribution is -2.37. The van der Waals surface area contributed by atoms with Crippen LogP contribution in [0.5, 0.6) is 0 Å². The molecule has 112 valence electrons. The lowest BCUT2D eigenvalue weighted by atomic mass is 10.4. The summed E-state index contributed by atoms with van der Waals surface area (Å²) in [6.07, 6.45) is 1.20. The molecule has 1 aliphatic heterocycles. The Morgan fingerprint density at radius 1 is 1.30 bits per heavy atom. The van der Waals surface area contributed by atoms with Gasteiger partial charge in [-0.3, -0.25) is 0 Å². The van der Waals surface area contributed by atoms with Crippen molar-refractivity contribution in [2.45, 2.75) is 5.16 Å². The number of hydrogen-bond acceptors (Lipinski definition) is 8. The SMILES string of the molecule is CS(=O)(=O)CCSc1nc(Cl)nc(N2CCOCC2)n1. The van der Waals surface area contributed by atoms with Crippen LogP contribution in [0.2, 0.25) is 5.28 Å². The first kappa shape index (κ1) is 15.7. The molecule has 0 saturated carbocycles. The average molecular weight is 339 g/mol. The standard InChI is InChI=1S/C10H15ClN4O3S2/c1-20(16,17)7-6-19-10-13-8(11)12-9(14-10)15-2-4-18-5-3-15/h2-7H2,1H3. The number of anilines is 1. The highest BCUT2D eigenvalue weighted by molar-refractivity contribution is 8.00. The normalized spacial score (nSPS) is 16.4. The molecule has 20 heavy (non-hydrogen) atoms. The summed E-state index contributed by atoms with van der Waals surface area (Å²) in [5.41, 5.74) is 0. The molecule has 1 aliphatic rings. The smallest absolute Gasteiger partial charge is 0.230 e. The molecule has 0 atom stereocenters. The summed E-state index contributed by atoms with van der Waals surface area (Å²) in [6, 6.07) is 0. The fourth-order valence-corrected chi connectivity index (χ4v) is 3.81. The predicted molar refractivity (Wildman–Crippen MR) is 78.3 cm³/mol. The van der Waals surface area contributed by atoms with Gasteiger partial charge in [-0.1, -0.05) is 11.8 Å². The lowest BCUT2D eigenvalue weighted by Gasteiger charge is -2.26. The maximum atomic E-state index is 11.1. The summed E-state index contributed by atoms with van der Waals surface area (Å²) in [6.45, 7) is 2.65. The van der Waals surface area contributed by atoms with E-state index in [1.54, 1.807) is 0 Å². The molecule has 10 heteroatoms. The van der Waals surface area contributed by atoms with E-state index in [4.69, 9.17) is 16.3 Å². The molecule has 1 aromatic heterocycles. The van der Waals surface area contributed by atoms with Crippen molar-refractivity contribution in [3.63, 3.8) is 0 Å². The van der Waals surface area contributed by atoms with Crippen molar-refractivity contribution in [1.29, 1.82) is 0 Å². The molecule has 0 N–H and O–H groups in total. The zero-order valence-corrected chi connectivity index (χ0v) is 13.3. The molecule has 0 spiro atoms. The topological polar surface area (TPSA) is 85.3 Å². The van der Waals surface area contributed by atoms with Crippen molar-refractivity contribution in [2.75, 3.05) is 49.0 Å². The van der Waals surface area contributed by atoms with E-state index in [2.05, 4.69) is 15.0 Å². The molecular weight excluding hydrogens is 324 g/mol. The highest BCUT2D eigenvalue weighted by Gasteiger charge is 2.16. The van der Waals surface area contributed by atoms with Crippen LogP contribution in [0.15, 0.2) is 5.16 Å². The first-order chi connectivity index (χ1) is 9.44. The minimum Gasteiger partial charge on any atom is -0.378 e. The second kappa shape index (κ2) is 6.88. The van der Waals surface area contributed by atoms with Gasteiger partial charge in [-0.05, 0) is 11.6 Å². The van der Waals surface area contributed by atoms with Gasteiger partial charge >= 0.3 is 0 Å². The van der Waals surface area contributed by atoms with Crippen molar-refractivity contribution < 1.29 is 13.2 Å². The van der Waals surface area contributed by atoms with E-state index in [9.17, 15) is 8.42 Å². The van der Waals surface area contributed by atoms with E-state index in [0.29, 0.717) is 43.2 Å². The molecule has 2 rings (SSSR count). The third-order valence-corrected chi connectivity index (χ3v) is 4.78. The highest BCUT2D eigenvalue weighted by atomic mass is 35.5. The number of hydrogen-bond donors (Lipinski definition) is 0. The van der Waals surface area contributed by atoms with Crippen molar-refractivity contribution >= 4 is 39.1 Å². The first-order valence-corrected chi connectivity index (χ1v) is 9.41. The van der Waals surface area contributed by atoms with Gasteiger partial charge in [0.2, 0.25) is 11.2 Å². The Kier molecular flexibility index (Phi) is 5.42. The molecule has 1 aromatic rings. The van der Waals surface area contributed by atoms with Crippen LogP contribution in [-0.4, -0.2) is 67.4 Å². The van der Waals surface area contributed by atoms with Crippen LogP contribution in [0.25, 0.3) is 0 Å². The Morgan fingerprint density at radius 2 is 2.00 bits per heavy atom. The maximum absolute atomic E-state index is 11.1. The fourth-order valence-electron chi connectivity index (χ4n) is 1.58. The summed E-state index contributed by atoms with van der Waals surface area (Å²) >= 11 is 7.14. The minimum absolute atomic E-state index is 0.0772. The largest absolute Gasteiger partial charge is 0.378 e. The van der Waals surface area contributed by atoms with Crippen LogP contribution < -0.4 is 4.90 Å². The number of morpholine rings is 1. The Morgan fingerprint density at radius 3 is 2.65 bits per heavy atom. The molecule has 0 radical (unpaired) electrons. The van der Waals surface area contributed by atoms with E-state index in [1.165, 1.54) is 18.0 Å². The van der Waals surface area contributed by atoms with E-state index >= 15 is 0 Å². The van der Waals surface area contributed by atoms with E-state index < -0.39 is 9.84 Å². The lowest BCUT2D eigenvalue weighted by molar-refractivity contribution is 0.122. The number of nitrogens with zero attached hydrogens (tertiary/aromatic N) is 4. The Bertz CT molecular complexity index is 564. The Labute approximate surface area is 127 Å². The summed E-state index contributed by atoms with van der Waals surface area (Å²) in [7, 11) is -2.99. The fraction of sp³-hybridized carbons (Fsp3) is 0.700. The monoisotopic (exact) mass is 338 g/mol. The Hall–Kier alpha value is -0.640. The van der Waals surface area contributed by atoms with Crippen molar-refractivity contribution in [3.8, 4) is 0 Å². The van der Waals surface area contributed by atoms with E-state index in [0.717, 1.165) is 0 Å². The van der Waals surface area contributed by atoms with Crippen LogP contribution in [0.4, 0.5) is 5.95 Å². The second-order valence-corrected chi connectivity index (χ2v) is 7.92. The molecule has 0 aromatic carbocycles. The van der Waals surface area contributed by atoms with Crippen LogP contribution >= 0.6 is 23.4 Å². The summed E-state index contributed by atoms with van der Waals surface area (Å²) in [5, 5.41) is 0.554. The molecular formula is C10H15ClN4O3S2. The van der Waals surface area contributed by atoms with Gasteiger partial charge in [-0.2, -0.15) is 15.0 Å². The Balaban J connectivity index is 2.04. The number of rotatable bonds is 5. The number of ether oxygens (including phenoxy) is 1.